The van der Waals surface area contributed by atoms with Gasteiger partial charge in [-0.2, -0.15) is 0 Å². The Hall–Kier alpha value is -1.79. The molecular weight excluding hydrogens is 516 g/mol. The summed E-state index contributed by atoms with van der Waals surface area (Å²) in [6, 6.07) is -0.152. The van der Waals surface area contributed by atoms with Crippen LogP contribution in [0.1, 0.15) is 72.1 Å². The van der Waals surface area contributed by atoms with Gasteiger partial charge in [0.25, 0.3) is 0 Å². The number of ether oxygens (including phenoxy) is 2. The lowest BCUT2D eigenvalue weighted by atomic mass is 9.91. The van der Waals surface area contributed by atoms with Crippen molar-refractivity contribution in [3.8, 4) is 0 Å². The Kier molecular flexibility index (Phi) is 9.06. The standard InChI is InChI=1S/C29H48N4O7/c1-29(2,3)13-25(35)32-16-20-15-31(9-10-39-20)28(38)21-11-18(14-33(21)19-7-5-4-6-8-19)30-24(34)12-22-26(36)27(37)23(17-32)40-22/h18-23,26-27,36-37H,4-17H2,1-3H3,(H,30,34)/t18-,20-,21-,22-,23+,26-,27+/m0/s1. The van der Waals surface area contributed by atoms with Crippen LogP contribution in [0.2, 0.25) is 0 Å². The third-order valence-electron chi connectivity index (χ3n) is 9.19. The van der Waals surface area contributed by atoms with E-state index >= 15 is 0 Å². The Morgan fingerprint density at radius 3 is 2.45 bits per heavy atom. The van der Waals surface area contributed by atoms with Crippen LogP contribution in [0.15, 0.2) is 0 Å². The summed E-state index contributed by atoms with van der Waals surface area (Å²) in [7, 11) is 0. The van der Waals surface area contributed by atoms with E-state index in [0.717, 1.165) is 25.7 Å². The van der Waals surface area contributed by atoms with Crippen LogP contribution in [0.25, 0.3) is 0 Å². The molecule has 3 N–H and O–H groups in total. The highest BCUT2D eigenvalue weighted by Crippen LogP contribution is 2.32. The van der Waals surface area contributed by atoms with Crippen LogP contribution in [-0.2, 0) is 23.9 Å². The average molecular weight is 565 g/mol. The lowest BCUT2D eigenvalue weighted by Crippen LogP contribution is -2.56. The maximum Gasteiger partial charge on any atom is 0.240 e. The minimum Gasteiger partial charge on any atom is -0.388 e. The number of nitrogens with zero attached hydrogens (tertiary/aromatic N) is 3. The Balaban J connectivity index is 1.41. The van der Waals surface area contributed by atoms with Crippen molar-refractivity contribution in [1.29, 1.82) is 0 Å². The Morgan fingerprint density at radius 1 is 1.00 bits per heavy atom. The first-order valence-electron chi connectivity index (χ1n) is 15.2. The molecule has 0 radical (unpaired) electrons. The number of aliphatic hydroxyl groups is 2. The third kappa shape index (κ3) is 6.81. The number of rotatable bonds is 2. The Bertz CT molecular complexity index is 936. The second-order valence-corrected chi connectivity index (χ2v) is 13.7. The first-order chi connectivity index (χ1) is 19.0. The molecule has 0 unspecified atom stereocenters. The summed E-state index contributed by atoms with van der Waals surface area (Å²) >= 11 is 0. The van der Waals surface area contributed by atoms with Crippen LogP contribution >= 0.6 is 0 Å². The molecule has 0 aromatic carbocycles. The number of carbonyl (C=O) groups is 3. The zero-order chi connectivity index (χ0) is 28.6. The molecule has 5 fully saturated rings. The largest absolute Gasteiger partial charge is 0.388 e. The van der Waals surface area contributed by atoms with Gasteiger partial charge in [-0.15, -0.1) is 0 Å². The topological polar surface area (TPSA) is 132 Å². The molecular formula is C29H48N4O7. The quantitative estimate of drug-likeness (QED) is 0.436. The van der Waals surface area contributed by atoms with Gasteiger partial charge < -0.3 is 34.8 Å². The molecule has 0 aromatic rings. The zero-order valence-electron chi connectivity index (χ0n) is 24.3. The van der Waals surface area contributed by atoms with Gasteiger partial charge in [0.1, 0.15) is 18.3 Å². The van der Waals surface area contributed by atoms with Gasteiger partial charge in [-0.25, -0.2) is 0 Å². The molecule has 11 heteroatoms. The molecule has 11 nitrogen and oxygen atoms in total. The molecule has 40 heavy (non-hydrogen) atoms. The number of aliphatic hydroxyl groups excluding tert-OH is 2. The van der Waals surface area contributed by atoms with Crippen molar-refractivity contribution in [2.24, 2.45) is 5.41 Å². The van der Waals surface area contributed by atoms with Crippen molar-refractivity contribution >= 4 is 17.7 Å². The number of hydrogen-bond acceptors (Lipinski definition) is 8. The predicted octanol–water partition coefficient (Wildman–Crippen LogP) is 0.263. The zero-order valence-corrected chi connectivity index (χ0v) is 24.3. The normalized spacial score (nSPS) is 37.1. The summed E-state index contributed by atoms with van der Waals surface area (Å²) in [5, 5.41) is 24.7. The van der Waals surface area contributed by atoms with E-state index < -0.39 is 24.4 Å². The van der Waals surface area contributed by atoms with Gasteiger partial charge in [-0.05, 0) is 24.7 Å². The highest BCUT2D eigenvalue weighted by molar-refractivity contribution is 5.83. The molecule has 3 amide bonds. The van der Waals surface area contributed by atoms with Gasteiger partial charge in [0.15, 0.2) is 0 Å². The van der Waals surface area contributed by atoms with Crippen LogP contribution in [0.3, 0.4) is 0 Å². The van der Waals surface area contributed by atoms with E-state index in [9.17, 15) is 24.6 Å². The first kappa shape index (κ1) is 29.7. The van der Waals surface area contributed by atoms with Crippen LogP contribution in [0.5, 0.6) is 0 Å². The number of nitrogens with one attached hydrogen (secondary N) is 1. The van der Waals surface area contributed by atoms with E-state index in [1.54, 1.807) is 4.90 Å². The SMILES string of the molecule is CC(C)(C)CC(=O)N1C[C@@H]2CN(CCO2)C(=O)[C@@H]2C[C@@H](CN2C2CCCCC2)NC(=O)C[C@@H]2O[C@H](C1)[C@@H](O)[C@H]2O. The van der Waals surface area contributed by atoms with E-state index in [-0.39, 0.29) is 60.8 Å². The minimum absolute atomic E-state index is 0.0692. The van der Waals surface area contributed by atoms with Gasteiger partial charge in [0, 0.05) is 51.2 Å². The summed E-state index contributed by atoms with van der Waals surface area (Å²) in [5.74, 6) is -0.295. The number of fused-ring (bicyclic) bond motifs is 6. The van der Waals surface area contributed by atoms with Gasteiger partial charge in [-0.1, -0.05) is 40.0 Å². The Morgan fingerprint density at radius 2 is 1.73 bits per heavy atom. The van der Waals surface area contributed by atoms with Crippen molar-refractivity contribution in [2.45, 2.75) is 121 Å². The van der Waals surface area contributed by atoms with Crippen LogP contribution in [0.4, 0.5) is 0 Å². The lowest BCUT2D eigenvalue weighted by molar-refractivity contribution is -0.148. The first-order valence-corrected chi connectivity index (χ1v) is 15.2. The van der Waals surface area contributed by atoms with Crippen molar-refractivity contribution in [1.82, 2.24) is 20.0 Å². The van der Waals surface area contributed by atoms with Crippen molar-refractivity contribution in [3.05, 3.63) is 0 Å². The van der Waals surface area contributed by atoms with Gasteiger partial charge in [0.2, 0.25) is 17.7 Å². The van der Waals surface area contributed by atoms with Crippen LogP contribution in [-0.4, -0.2) is 131 Å². The van der Waals surface area contributed by atoms with Crippen molar-refractivity contribution in [2.75, 3.05) is 39.3 Å². The highest BCUT2D eigenvalue weighted by atomic mass is 16.5. The molecule has 0 spiro atoms. The molecule has 226 valence electrons. The molecule has 6 bridgehead atoms. The molecule has 7 atom stereocenters. The van der Waals surface area contributed by atoms with Crippen LogP contribution in [0, 0.1) is 5.41 Å². The van der Waals surface area contributed by atoms with Gasteiger partial charge in [0.05, 0.1) is 31.3 Å². The average Bonchev–Trinajstić information content (AvgIpc) is 3.43. The molecule has 5 rings (SSSR count). The van der Waals surface area contributed by atoms with E-state index in [2.05, 4.69) is 10.2 Å². The fourth-order valence-corrected chi connectivity index (χ4v) is 7.19. The van der Waals surface area contributed by atoms with Crippen molar-refractivity contribution in [3.63, 3.8) is 0 Å². The summed E-state index contributed by atoms with van der Waals surface area (Å²) in [5.41, 5.74) is -0.251. The second-order valence-electron chi connectivity index (χ2n) is 13.7. The number of likely N-dealkylation sites (tertiary alicyclic amines) is 1. The monoisotopic (exact) mass is 564 g/mol. The maximum absolute atomic E-state index is 14.0. The summed E-state index contributed by atoms with van der Waals surface area (Å²) in [6.45, 7) is 8.18. The van der Waals surface area contributed by atoms with E-state index in [4.69, 9.17) is 9.47 Å². The van der Waals surface area contributed by atoms with E-state index in [0.29, 0.717) is 45.1 Å². The van der Waals surface area contributed by atoms with Crippen molar-refractivity contribution < 1.29 is 34.1 Å². The molecule has 1 aliphatic carbocycles. The number of morpholine rings is 1. The van der Waals surface area contributed by atoms with E-state index in [1.165, 1.54) is 6.42 Å². The summed E-state index contributed by atoms with van der Waals surface area (Å²) in [6.07, 6.45) is 1.85. The van der Waals surface area contributed by atoms with Crippen LogP contribution < -0.4 is 5.32 Å². The maximum atomic E-state index is 14.0. The molecule has 4 heterocycles. The van der Waals surface area contributed by atoms with Gasteiger partial charge >= 0.3 is 0 Å². The lowest BCUT2D eigenvalue weighted by Gasteiger charge is -2.40. The molecule has 4 saturated heterocycles. The fourth-order valence-electron chi connectivity index (χ4n) is 7.19. The Labute approximate surface area is 237 Å². The molecule has 0 aromatic heterocycles. The fraction of sp³-hybridized carbons (Fsp3) is 0.897. The van der Waals surface area contributed by atoms with E-state index in [1.807, 2.05) is 25.7 Å². The predicted molar refractivity (Wildman–Crippen MR) is 146 cm³/mol. The summed E-state index contributed by atoms with van der Waals surface area (Å²) < 4.78 is 12.1. The highest BCUT2D eigenvalue weighted by Gasteiger charge is 2.47. The van der Waals surface area contributed by atoms with Gasteiger partial charge in [-0.3, -0.25) is 19.3 Å². The minimum atomic E-state index is -1.23. The number of carbonyl (C=O) groups excluding carboxylic acids is 3. The number of amides is 3. The second kappa shape index (κ2) is 12.2. The molecule has 4 aliphatic heterocycles. The smallest absolute Gasteiger partial charge is 0.240 e. The summed E-state index contributed by atoms with van der Waals surface area (Å²) in [4.78, 5) is 46.3. The molecule has 5 aliphatic rings. The third-order valence-corrected chi connectivity index (χ3v) is 9.19. The molecule has 1 saturated carbocycles. The number of hydrogen-bond donors (Lipinski definition) is 3.